The van der Waals surface area contributed by atoms with Crippen molar-refractivity contribution in [3.63, 3.8) is 0 Å². The number of aliphatic hydroxyl groups is 1. The van der Waals surface area contributed by atoms with Crippen molar-refractivity contribution in [3.05, 3.63) is 29.8 Å². The van der Waals surface area contributed by atoms with Crippen LogP contribution >= 0.6 is 0 Å². The van der Waals surface area contributed by atoms with E-state index in [1.54, 1.807) is 14.0 Å². The molecule has 1 amide bonds. The normalized spacial score (nSPS) is 16.7. The highest BCUT2D eigenvalue weighted by atomic mass is 16.5. The molecule has 1 aliphatic rings. The molecule has 0 aliphatic carbocycles. The van der Waals surface area contributed by atoms with Gasteiger partial charge in [-0.2, -0.15) is 0 Å². The first-order chi connectivity index (χ1) is 15.1. The maximum absolute atomic E-state index is 12.0. The topological polar surface area (TPSA) is 117 Å². The average molecular weight is 443 g/mol. The molecule has 1 atom stereocenters. The zero-order valence-electron chi connectivity index (χ0n) is 19.6. The Morgan fingerprint density at radius 2 is 2.09 bits per heavy atom. The van der Waals surface area contributed by atoms with E-state index in [1.807, 2.05) is 36.1 Å². The molecule has 1 unspecified atom stereocenters. The number of aromatic nitrogens is 2. The Morgan fingerprint density at radius 1 is 1.34 bits per heavy atom. The van der Waals surface area contributed by atoms with E-state index in [0.29, 0.717) is 43.6 Å². The number of benzene rings is 1. The number of hydrogen-bond acceptors (Lipinski definition) is 8. The van der Waals surface area contributed by atoms with Crippen molar-refractivity contribution >= 4 is 17.5 Å². The number of nitrogens with two attached hydrogens (primary N) is 1. The second-order valence-electron chi connectivity index (χ2n) is 8.84. The second kappa shape index (κ2) is 9.70. The van der Waals surface area contributed by atoms with Gasteiger partial charge in [-0.1, -0.05) is 12.1 Å². The molecule has 174 valence electrons. The number of aliphatic hydroxyl groups excluding tert-OH is 1. The molecule has 2 heterocycles. The number of likely N-dealkylation sites (N-methyl/N-ethyl adjacent to an activating group) is 1. The number of nitrogens with one attached hydrogen (secondary N) is 1. The molecule has 0 bridgehead atoms. The van der Waals surface area contributed by atoms with Crippen LogP contribution in [0.1, 0.15) is 26.3 Å². The van der Waals surface area contributed by atoms with Crippen molar-refractivity contribution in [2.75, 3.05) is 50.5 Å². The van der Waals surface area contributed by atoms with Crippen molar-refractivity contribution in [2.24, 2.45) is 0 Å². The molecule has 1 aliphatic heterocycles. The van der Waals surface area contributed by atoms with Crippen LogP contribution in [0, 0.1) is 6.92 Å². The minimum atomic E-state index is -0.599. The molecule has 1 aromatic carbocycles. The lowest BCUT2D eigenvalue weighted by atomic mass is 9.98. The fraction of sp³-hybridized carbons (Fsp3) is 0.522. The number of ether oxygens (including phenoxy) is 1. The van der Waals surface area contributed by atoms with Gasteiger partial charge in [0, 0.05) is 44.2 Å². The summed E-state index contributed by atoms with van der Waals surface area (Å²) in [6.07, 6.45) is -0.599. The van der Waals surface area contributed by atoms with E-state index in [9.17, 15) is 9.90 Å². The van der Waals surface area contributed by atoms with Crippen LogP contribution in [0.2, 0.25) is 0 Å². The summed E-state index contributed by atoms with van der Waals surface area (Å²) in [5.74, 6) is 2.41. The van der Waals surface area contributed by atoms with Gasteiger partial charge in [0.2, 0.25) is 5.91 Å². The summed E-state index contributed by atoms with van der Waals surface area (Å²) in [5.41, 5.74) is 7.54. The van der Waals surface area contributed by atoms with E-state index >= 15 is 0 Å². The molecule has 4 N–H and O–H groups in total. The molecule has 9 nitrogen and oxygen atoms in total. The van der Waals surface area contributed by atoms with E-state index < -0.39 is 6.10 Å². The first kappa shape index (κ1) is 23.7. The summed E-state index contributed by atoms with van der Waals surface area (Å²) in [7, 11) is 1.78. The zero-order valence-corrected chi connectivity index (χ0v) is 19.6. The SMILES string of the molecule is CNCC(O)COc1cccc(-c2nc(N)c(C)c(N3CCN(C(C)=O)C(C)(C)C3)n2)c1. The van der Waals surface area contributed by atoms with Gasteiger partial charge in [0.1, 0.15) is 30.1 Å². The number of rotatable bonds is 7. The number of carbonyl (C=O) groups is 1. The molecule has 32 heavy (non-hydrogen) atoms. The van der Waals surface area contributed by atoms with Crippen LogP contribution < -0.4 is 20.7 Å². The van der Waals surface area contributed by atoms with E-state index in [1.165, 1.54) is 0 Å². The Bertz CT molecular complexity index is 965. The highest BCUT2D eigenvalue weighted by Crippen LogP contribution is 2.31. The number of piperazine rings is 1. The van der Waals surface area contributed by atoms with Crippen LogP contribution in [0.5, 0.6) is 5.75 Å². The predicted molar refractivity (Wildman–Crippen MR) is 126 cm³/mol. The van der Waals surface area contributed by atoms with E-state index in [-0.39, 0.29) is 18.1 Å². The quantitative estimate of drug-likeness (QED) is 0.590. The van der Waals surface area contributed by atoms with Gasteiger partial charge in [-0.25, -0.2) is 9.97 Å². The molecular weight excluding hydrogens is 408 g/mol. The van der Waals surface area contributed by atoms with Crippen LogP contribution in [0.15, 0.2) is 24.3 Å². The van der Waals surface area contributed by atoms with E-state index in [0.717, 1.165) is 16.9 Å². The first-order valence-corrected chi connectivity index (χ1v) is 10.9. The van der Waals surface area contributed by atoms with Crippen LogP contribution in [0.3, 0.4) is 0 Å². The van der Waals surface area contributed by atoms with Gasteiger partial charge in [-0.05, 0) is 40.0 Å². The molecular formula is C23H34N6O3. The smallest absolute Gasteiger partial charge is 0.220 e. The molecule has 1 saturated heterocycles. The second-order valence-corrected chi connectivity index (χ2v) is 8.84. The molecule has 0 radical (unpaired) electrons. The lowest BCUT2D eigenvalue weighted by Gasteiger charge is -2.47. The van der Waals surface area contributed by atoms with Crippen molar-refractivity contribution < 1.29 is 14.6 Å². The highest BCUT2D eigenvalue weighted by Gasteiger charge is 2.36. The van der Waals surface area contributed by atoms with Crippen LogP contribution in [0.25, 0.3) is 11.4 Å². The van der Waals surface area contributed by atoms with Gasteiger partial charge < -0.3 is 30.7 Å². The lowest BCUT2D eigenvalue weighted by molar-refractivity contribution is -0.134. The van der Waals surface area contributed by atoms with E-state index in [4.69, 9.17) is 15.5 Å². The fourth-order valence-electron chi connectivity index (χ4n) is 4.09. The number of carbonyl (C=O) groups excluding carboxylic acids is 1. The van der Waals surface area contributed by atoms with Crippen LogP contribution in [0.4, 0.5) is 11.6 Å². The minimum Gasteiger partial charge on any atom is -0.491 e. The van der Waals surface area contributed by atoms with Crippen molar-refractivity contribution in [2.45, 2.75) is 39.3 Å². The Morgan fingerprint density at radius 3 is 2.75 bits per heavy atom. The monoisotopic (exact) mass is 442 g/mol. The molecule has 9 heteroatoms. The maximum atomic E-state index is 12.0. The number of nitrogens with zero attached hydrogens (tertiary/aromatic N) is 4. The summed E-state index contributed by atoms with van der Waals surface area (Å²) in [4.78, 5) is 25.4. The van der Waals surface area contributed by atoms with Crippen molar-refractivity contribution in [1.29, 1.82) is 0 Å². The van der Waals surface area contributed by atoms with Crippen LogP contribution in [-0.2, 0) is 4.79 Å². The number of hydrogen-bond donors (Lipinski definition) is 3. The minimum absolute atomic E-state index is 0.0749. The number of amides is 1. The fourth-order valence-corrected chi connectivity index (χ4v) is 4.09. The first-order valence-electron chi connectivity index (χ1n) is 10.9. The van der Waals surface area contributed by atoms with Gasteiger partial charge in [0.05, 0.1) is 5.54 Å². The van der Waals surface area contributed by atoms with Crippen LogP contribution in [-0.4, -0.2) is 77.4 Å². The standard InChI is InChI=1S/C23H34N6O3/c1-15-20(24)26-21(17-7-6-8-19(11-17)32-13-18(31)12-25-5)27-22(15)28-9-10-29(16(2)30)23(3,4)14-28/h6-8,11,18,25,31H,9-10,12-14H2,1-5H3,(H2,24,26,27). The van der Waals surface area contributed by atoms with Gasteiger partial charge in [-0.15, -0.1) is 0 Å². The highest BCUT2D eigenvalue weighted by molar-refractivity contribution is 5.75. The van der Waals surface area contributed by atoms with Gasteiger partial charge >= 0.3 is 0 Å². The Labute approximate surface area is 189 Å². The summed E-state index contributed by atoms with van der Waals surface area (Å²) in [6, 6.07) is 7.44. The van der Waals surface area contributed by atoms with Gasteiger partial charge in [-0.3, -0.25) is 4.79 Å². The Hall–Kier alpha value is -2.91. The average Bonchev–Trinajstić information content (AvgIpc) is 2.73. The third-order valence-electron chi connectivity index (χ3n) is 5.71. The van der Waals surface area contributed by atoms with Crippen molar-refractivity contribution in [1.82, 2.24) is 20.2 Å². The number of anilines is 2. The zero-order chi connectivity index (χ0) is 23.5. The predicted octanol–water partition coefficient (Wildman–Crippen LogP) is 1.44. The molecule has 2 aromatic rings. The largest absolute Gasteiger partial charge is 0.491 e. The third kappa shape index (κ3) is 5.28. The summed E-state index contributed by atoms with van der Waals surface area (Å²) >= 11 is 0. The van der Waals surface area contributed by atoms with E-state index in [2.05, 4.69) is 29.0 Å². The molecule has 1 fully saturated rings. The Kier molecular flexibility index (Phi) is 7.20. The lowest BCUT2D eigenvalue weighted by Crippen LogP contribution is -2.61. The molecule has 3 rings (SSSR count). The molecule has 0 saturated carbocycles. The maximum Gasteiger partial charge on any atom is 0.220 e. The van der Waals surface area contributed by atoms with Gasteiger partial charge in [0.25, 0.3) is 0 Å². The summed E-state index contributed by atoms with van der Waals surface area (Å²) in [5, 5.41) is 12.8. The third-order valence-corrected chi connectivity index (χ3v) is 5.71. The van der Waals surface area contributed by atoms with Gasteiger partial charge in [0.15, 0.2) is 5.82 Å². The molecule has 1 aromatic heterocycles. The number of nitrogen functional groups attached to an aromatic ring is 1. The molecule has 0 spiro atoms. The Balaban J connectivity index is 1.86. The van der Waals surface area contributed by atoms with Crippen molar-refractivity contribution in [3.8, 4) is 17.1 Å². The summed E-state index contributed by atoms with van der Waals surface area (Å²) < 4.78 is 5.72. The summed E-state index contributed by atoms with van der Waals surface area (Å²) in [6.45, 7) is 10.2.